The second-order valence-corrected chi connectivity index (χ2v) is 13.8. The maximum atomic E-state index is 14.0. The lowest BCUT2D eigenvalue weighted by Gasteiger charge is -2.34. The van der Waals surface area contributed by atoms with Crippen LogP contribution in [0.1, 0.15) is 55.7 Å². The van der Waals surface area contributed by atoms with Crippen molar-refractivity contribution in [1.82, 2.24) is 10.2 Å². The molecule has 4 rings (SSSR count). The molecule has 3 aromatic carbocycles. The highest BCUT2D eigenvalue weighted by Crippen LogP contribution is 2.28. The Morgan fingerprint density at radius 2 is 1.71 bits per heavy atom. The van der Waals surface area contributed by atoms with E-state index in [-0.39, 0.29) is 34.7 Å². The van der Waals surface area contributed by atoms with E-state index in [9.17, 15) is 18.0 Å². The second-order valence-electron chi connectivity index (χ2n) is 11.8. The van der Waals surface area contributed by atoms with Gasteiger partial charge in [0, 0.05) is 32.1 Å². The zero-order valence-corrected chi connectivity index (χ0v) is 26.9. The molecule has 1 fully saturated rings. The van der Waals surface area contributed by atoms with Gasteiger partial charge in [0.2, 0.25) is 11.8 Å². The molecule has 0 unspecified atom stereocenters. The number of hydrogen-bond acceptors (Lipinski definition) is 6. The minimum absolute atomic E-state index is 0.0303. The molecule has 240 valence electrons. The van der Waals surface area contributed by atoms with Gasteiger partial charge in [-0.1, -0.05) is 66.7 Å². The number of nitrogens with two attached hydrogens (primary N) is 1. The number of sulfone groups is 1. The number of rotatable bonds is 13. The summed E-state index contributed by atoms with van der Waals surface area (Å²) in [6, 6.07) is 21.9. The number of nitrogens with zero attached hydrogens (tertiary/aromatic N) is 2. The Bertz CT molecular complexity index is 1600. The van der Waals surface area contributed by atoms with Crippen molar-refractivity contribution in [2.45, 2.75) is 56.8 Å². The molecule has 1 saturated heterocycles. The first kappa shape index (κ1) is 33.7. The zero-order chi connectivity index (χ0) is 32.4. The Kier molecular flexibility index (Phi) is 11.8. The molecule has 1 atom stereocenters. The summed E-state index contributed by atoms with van der Waals surface area (Å²) in [5, 5.41) is 14.9. The highest BCUT2D eigenvalue weighted by Gasteiger charge is 2.32. The SMILES string of the molecule is CCc1ccc(-c2cccc(S(=O)(=O)C[C@@H](Cc3cccc(/C(N)=N\O)c3)C(=O)N3CCC(CCCC(=O)NC)CC3)c2)cc1. The summed E-state index contributed by atoms with van der Waals surface area (Å²) in [7, 11) is -2.21. The standard InChI is InChI=1S/C35H44N4O5S/c1-3-25-13-15-28(16-14-25)29-9-6-11-32(23-29)45(43,44)24-31(22-27-8-4-10-30(21-27)34(36)38-42)35(41)39-19-17-26(18-20-39)7-5-12-33(40)37-2/h4,6,8-11,13-16,21,23,26,31,42H,3,5,7,12,17-20,22,24H2,1-2H3,(H2,36,38)(H,37,40)/t31-/m1/s1. The van der Waals surface area contributed by atoms with Gasteiger partial charge in [0.25, 0.3) is 0 Å². The van der Waals surface area contributed by atoms with Gasteiger partial charge in [-0.15, -0.1) is 0 Å². The minimum atomic E-state index is -3.84. The van der Waals surface area contributed by atoms with Gasteiger partial charge < -0.3 is 21.2 Å². The number of carbonyl (C=O) groups excluding carboxylic acids is 2. The van der Waals surface area contributed by atoms with Crippen LogP contribution in [0, 0.1) is 11.8 Å². The van der Waals surface area contributed by atoms with Crippen molar-refractivity contribution in [1.29, 1.82) is 0 Å². The number of amidine groups is 1. The number of benzene rings is 3. The van der Waals surface area contributed by atoms with Crippen molar-refractivity contribution >= 4 is 27.5 Å². The summed E-state index contributed by atoms with van der Waals surface area (Å²) >= 11 is 0. The van der Waals surface area contributed by atoms with E-state index in [0.717, 1.165) is 48.8 Å². The Morgan fingerprint density at radius 3 is 2.38 bits per heavy atom. The van der Waals surface area contributed by atoms with Crippen LogP contribution in [0.15, 0.2) is 82.8 Å². The molecule has 0 saturated carbocycles. The van der Waals surface area contributed by atoms with Gasteiger partial charge in [-0.2, -0.15) is 0 Å². The van der Waals surface area contributed by atoms with Gasteiger partial charge >= 0.3 is 0 Å². The topological polar surface area (TPSA) is 142 Å². The van der Waals surface area contributed by atoms with E-state index >= 15 is 0 Å². The maximum absolute atomic E-state index is 14.0. The van der Waals surface area contributed by atoms with Crippen LogP contribution >= 0.6 is 0 Å². The fraction of sp³-hybridized carbons (Fsp3) is 0.400. The Balaban J connectivity index is 1.54. The third-order valence-electron chi connectivity index (χ3n) is 8.69. The smallest absolute Gasteiger partial charge is 0.227 e. The van der Waals surface area contributed by atoms with E-state index in [1.807, 2.05) is 36.4 Å². The number of amides is 2. The van der Waals surface area contributed by atoms with E-state index in [0.29, 0.717) is 31.0 Å². The van der Waals surface area contributed by atoms with E-state index in [2.05, 4.69) is 17.4 Å². The van der Waals surface area contributed by atoms with Crippen LogP contribution in [0.3, 0.4) is 0 Å². The predicted octanol–water partition coefficient (Wildman–Crippen LogP) is 4.80. The highest BCUT2D eigenvalue weighted by atomic mass is 32.2. The fourth-order valence-electron chi connectivity index (χ4n) is 5.96. The summed E-state index contributed by atoms with van der Waals surface area (Å²) in [6.45, 7) is 3.18. The lowest BCUT2D eigenvalue weighted by Crippen LogP contribution is -2.44. The number of carbonyl (C=O) groups is 2. The Labute approximate surface area is 266 Å². The molecular formula is C35H44N4O5S. The number of likely N-dealkylation sites (tertiary alicyclic amines) is 1. The third-order valence-corrected chi connectivity index (χ3v) is 10.5. The predicted molar refractivity (Wildman–Crippen MR) is 177 cm³/mol. The first-order chi connectivity index (χ1) is 21.6. The first-order valence-electron chi connectivity index (χ1n) is 15.6. The number of aryl methyl sites for hydroxylation is 1. The normalized spacial score (nSPS) is 15.1. The van der Waals surface area contributed by atoms with Gasteiger partial charge in [-0.3, -0.25) is 9.59 Å². The quantitative estimate of drug-likeness (QED) is 0.107. The minimum Gasteiger partial charge on any atom is -0.409 e. The van der Waals surface area contributed by atoms with Gasteiger partial charge in [0.1, 0.15) is 0 Å². The van der Waals surface area contributed by atoms with Crippen LogP contribution in [0.2, 0.25) is 0 Å². The lowest BCUT2D eigenvalue weighted by atomic mass is 9.90. The molecule has 45 heavy (non-hydrogen) atoms. The summed E-state index contributed by atoms with van der Waals surface area (Å²) in [6.07, 6.45) is 4.96. The van der Waals surface area contributed by atoms with E-state index in [1.54, 1.807) is 48.3 Å². The molecule has 10 heteroatoms. The average molecular weight is 633 g/mol. The number of hydrogen-bond donors (Lipinski definition) is 3. The van der Waals surface area contributed by atoms with Crippen molar-refractivity contribution < 1.29 is 23.2 Å². The van der Waals surface area contributed by atoms with Gasteiger partial charge in [-0.25, -0.2) is 8.42 Å². The van der Waals surface area contributed by atoms with Gasteiger partial charge in [0.05, 0.1) is 16.6 Å². The molecule has 2 amide bonds. The Hall–Kier alpha value is -4.18. The van der Waals surface area contributed by atoms with Crippen LogP contribution < -0.4 is 11.1 Å². The van der Waals surface area contributed by atoms with E-state index in [1.165, 1.54) is 5.56 Å². The van der Waals surface area contributed by atoms with Gasteiger partial charge in [-0.05, 0) is 84.9 Å². The van der Waals surface area contributed by atoms with E-state index < -0.39 is 15.8 Å². The summed E-state index contributed by atoms with van der Waals surface area (Å²) < 4.78 is 27.8. The van der Waals surface area contributed by atoms with Gasteiger partial charge in [0.15, 0.2) is 15.7 Å². The maximum Gasteiger partial charge on any atom is 0.227 e. The molecule has 1 heterocycles. The monoisotopic (exact) mass is 632 g/mol. The van der Waals surface area contributed by atoms with Crippen LogP contribution in [-0.2, 0) is 32.3 Å². The average Bonchev–Trinajstić information content (AvgIpc) is 3.07. The lowest BCUT2D eigenvalue weighted by molar-refractivity contribution is -0.136. The molecule has 9 nitrogen and oxygen atoms in total. The van der Waals surface area contributed by atoms with Crippen LogP contribution in [0.5, 0.6) is 0 Å². The summed E-state index contributed by atoms with van der Waals surface area (Å²) in [4.78, 5) is 27.6. The van der Waals surface area contributed by atoms with Crippen molar-refractivity contribution in [3.63, 3.8) is 0 Å². The van der Waals surface area contributed by atoms with Crippen LogP contribution in [0.25, 0.3) is 11.1 Å². The third kappa shape index (κ3) is 9.17. The zero-order valence-electron chi connectivity index (χ0n) is 26.1. The second kappa shape index (κ2) is 15.7. The Morgan fingerprint density at radius 1 is 1.00 bits per heavy atom. The molecule has 1 aliphatic rings. The van der Waals surface area contributed by atoms with Crippen molar-refractivity contribution in [3.8, 4) is 11.1 Å². The molecule has 0 aliphatic carbocycles. The summed E-state index contributed by atoms with van der Waals surface area (Å²) in [5.41, 5.74) is 9.94. The molecule has 0 spiro atoms. The van der Waals surface area contributed by atoms with E-state index in [4.69, 9.17) is 10.9 Å². The molecule has 0 aromatic heterocycles. The molecule has 3 aromatic rings. The largest absolute Gasteiger partial charge is 0.409 e. The van der Waals surface area contributed by atoms with Crippen molar-refractivity contribution in [2.24, 2.45) is 22.7 Å². The van der Waals surface area contributed by atoms with Crippen molar-refractivity contribution in [2.75, 3.05) is 25.9 Å². The fourth-order valence-corrected chi connectivity index (χ4v) is 7.53. The molecular weight excluding hydrogens is 588 g/mol. The molecule has 4 N–H and O–H groups in total. The van der Waals surface area contributed by atoms with Crippen LogP contribution in [0.4, 0.5) is 0 Å². The molecule has 1 aliphatic heterocycles. The number of oxime groups is 1. The number of piperidine rings is 1. The molecule has 0 bridgehead atoms. The first-order valence-corrected chi connectivity index (χ1v) is 17.3. The van der Waals surface area contributed by atoms with Crippen molar-refractivity contribution in [3.05, 3.63) is 89.5 Å². The molecule has 0 radical (unpaired) electrons. The highest BCUT2D eigenvalue weighted by molar-refractivity contribution is 7.91. The summed E-state index contributed by atoms with van der Waals surface area (Å²) in [5.74, 6) is -0.966. The number of nitrogens with one attached hydrogen (secondary N) is 1. The van der Waals surface area contributed by atoms with Crippen LogP contribution in [-0.4, -0.2) is 62.1 Å².